The minimum atomic E-state index is -4.76. The molecule has 1 aromatic carbocycles. The summed E-state index contributed by atoms with van der Waals surface area (Å²) in [4.78, 5) is 28.8. The third kappa shape index (κ3) is 6.50. The number of nitrogens with one attached hydrogen (secondary N) is 1. The fourth-order valence-electron chi connectivity index (χ4n) is 4.81. The van der Waals surface area contributed by atoms with Crippen molar-refractivity contribution in [1.29, 1.82) is 0 Å². The normalized spacial score (nSPS) is 21.6. The highest BCUT2D eigenvalue weighted by molar-refractivity contribution is 5.89. The lowest BCUT2D eigenvalue weighted by Gasteiger charge is -2.43. The summed E-state index contributed by atoms with van der Waals surface area (Å²) >= 11 is 0. The van der Waals surface area contributed by atoms with E-state index < -0.39 is 24.3 Å². The number of carbonyl (C=O) groups is 2. The Balaban J connectivity index is 1.66. The van der Waals surface area contributed by atoms with Gasteiger partial charge in [0.2, 0.25) is 5.91 Å². The molecule has 2 amide bonds. The molecule has 33 heavy (non-hydrogen) atoms. The number of rotatable bonds is 7. The molecule has 0 bridgehead atoms. The first-order chi connectivity index (χ1) is 15.6. The van der Waals surface area contributed by atoms with E-state index in [1.807, 2.05) is 11.8 Å². The number of halogens is 3. The number of nitrogens with zero attached hydrogens (tertiary/aromatic N) is 2. The van der Waals surface area contributed by atoms with Crippen molar-refractivity contribution >= 4 is 17.5 Å². The van der Waals surface area contributed by atoms with Crippen molar-refractivity contribution in [1.82, 2.24) is 10.4 Å². The van der Waals surface area contributed by atoms with Crippen LogP contribution in [0.5, 0.6) is 5.75 Å². The van der Waals surface area contributed by atoms with Gasteiger partial charge >= 0.3 is 6.36 Å². The zero-order valence-corrected chi connectivity index (χ0v) is 18.4. The number of amides is 2. The molecule has 1 aliphatic carbocycles. The number of benzene rings is 1. The quantitative estimate of drug-likeness (QED) is 0.416. The molecule has 3 rings (SSSR count). The molecule has 1 saturated heterocycles. The third-order valence-electron chi connectivity index (χ3n) is 6.49. The van der Waals surface area contributed by atoms with E-state index in [-0.39, 0.29) is 23.6 Å². The predicted octanol–water partition coefficient (Wildman–Crippen LogP) is 2.69. The Hall–Kier alpha value is -2.53. The number of carbonyl (C=O) groups excluding carboxylic acids is 2. The summed E-state index contributed by atoms with van der Waals surface area (Å²) in [6, 6.07) is 5.29. The van der Waals surface area contributed by atoms with Gasteiger partial charge in [0.05, 0.1) is 5.92 Å². The van der Waals surface area contributed by atoms with E-state index in [0.717, 1.165) is 25.7 Å². The van der Waals surface area contributed by atoms with E-state index in [4.69, 9.17) is 5.21 Å². The van der Waals surface area contributed by atoms with Crippen molar-refractivity contribution in [2.24, 2.45) is 11.8 Å². The lowest BCUT2D eigenvalue weighted by atomic mass is 9.87. The van der Waals surface area contributed by atoms with Crippen molar-refractivity contribution in [3.05, 3.63) is 24.3 Å². The largest absolute Gasteiger partial charge is 0.573 e. The van der Waals surface area contributed by atoms with Crippen LogP contribution in [-0.4, -0.2) is 65.2 Å². The van der Waals surface area contributed by atoms with Crippen LogP contribution in [-0.2, 0) is 9.59 Å². The second-order valence-corrected chi connectivity index (χ2v) is 8.78. The highest BCUT2D eigenvalue weighted by atomic mass is 19.4. The first-order valence-electron chi connectivity index (χ1n) is 11.1. The molecule has 184 valence electrons. The summed E-state index contributed by atoms with van der Waals surface area (Å²) in [5, 5.41) is 19.4. The maximum Gasteiger partial charge on any atom is 0.573 e. The molecule has 1 aliphatic heterocycles. The Morgan fingerprint density at radius 3 is 2.36 bits per heavy atom. The van der Waals surface area contributed by atoms with E-state index in [2.05, 4.69) is 4.74 Å². The molecule has 0 radical (unpaired) electrons. The van der Waals surface area contributed by atoms with Crippen LogP contribution in [0.15, 0.2) is 24.3 Å². The van der Waals surface area contributed by atoms with Crippen LogP contribution in [0.3, 0.4) is 0 Å². The number of hydroxylamine groups is 1. The van der Waals surface area contributed by atoms with Gasteiger partial charge in [0.15, 0.2) is 0 Å². The molecule has 3 N–H and O–H groups in total. The Bertz CT molecular complexity index is 814. The topological polar surface area (TPSA) is 102 Å². The van der Waals surface area contributed by atoms with Gasteiger partial charge in [-0.3, -0.25) is 14.8 Å². The van der Waals surface area contributed by atoms with Gasteiger partial charge in [0, 0.05) is 31.4 Å². The average Bonchev–Trinajstić information content (AvgIpc) is 3.28. The molecule has 2 fully saturated rings. The maximum absolute atomic E-state index is 13.3. The number of aliphatic hydroxyl groups excluding tert-OH is 1. The molecule has 11 heteroatoms. The molecular formula is C22H30F3N3O5. The smallest absolute Gasteiger partial charge is 0.406 e. The van der Waals surface area contributed by atoms with Crippen LogP contribution in [0.4, 0.5) is 18.9 Å². The van der Waals surface area contributed by atoms with Gasteiger partial charge in [-0.2, -0.15) is 0 Å². The number of hydrogen-bond donors (Lipinski definition) is 3. The van der Waals surface area contributed by atoms with Gasteiger partial charge in [-0.25, -0.2) is 5.48 Å². The fraction of sp³-hybridized carbons (Fsp3) is 0.636. The minimum Gasteiger partial charge on any atom is -0.406 e. The summed E-state index contributed by atoms with van der Waals surface area (Å²) in [6.45, 7) is 3.05. The van der Waals surface area contributed by atoms with Crippen molar-refractivity contribution < 1.29 is 37.8 Å². The lowest BCUT2D eigenvalue weighted by Crippen LogP contribution is -2.57. The average molecular weight is 473 g/mol. The highest BCUT2D eigenvalue weighted by Gasteiger charge is 2.40. The summed E-state index contributed by atoms with van der Waals surface area (Å²) < 4.78 is 41.0. The number of aliphatic hydroxyl groups is 1. The van der Waals surface area contributed by atoms with Gasteiger partial charge in [-0.1, -0.05) is 25.7 Å². The molecule has 2 aliphatic rings. The number of ether oxygens (including phenoxy) is 1. The summed E-state index contributed by atoms with van der Waals surface area (Å²) in [6.07, 6.45) is -2.04. The molecule has 1 unspecified atom stereocenters. The molecule has 1 saturated carbocycles. The Labute approximate surface area is 190 Å². The zero-order valence-electron chi connectivity index (χ0n) is 18.4. The van der Waals surface area contributed by atoms with E-state index in [0.29, 0.717) is 31.7 Å². The molecule has 0 spiro atoms. The second-order valence-electron chi connectivity index (χ2n) is 8.78. The van der Waals surface area contributed by atoms with E-state index in [1.165, 1.54) is 29.7 Å². The molecular weight excluding hydrogens is 443 g/mol. The number of anilines is 1. The Morgan fingerprint density at radius 1 is 1.18 bits per heavy atom. The summed E-state index contributed by atoms with van der Waals surface area (Å²) in [5.41, 5.74) is 2.14. The summed E-state index contributed by atoms with van der Waals surface area (Å²) in [5.74, 6) is -2.35. The minimum absolute atomic E-state index is 0.245. The molecule has 8 nitrogen and oxygen atoms in total. The zero-order chi connectivity index (χ0) is 24.2. The lowest BCUT2D eigenvalue weighted by molar-refractivity contribution is -0.274. The van der Waals surface area contributed by atoms with Crippen molar-refractivity contribution in [3.63, 3.8) is 0 Å². The van der Waals surface area contributed by atoms with E-state index in [9.17, 15) is 27.9 Å². The Morgan fingerprint density at radius 2 is 1.82 bits per heavy atom. The first kappa shape index (κ1) is 25.1. The van der Waals surface area contributed by atoms with Gasteiger partial charge in [-0.05, 0) is 43.5 Å². The van der Waals surface area contributed by atoms with Crippen LogP contribution in [0, 0.1) is 11.8 Å². The Kier molecular flexibility index (Phi) is 8.06. The highest BCUT2D eigenvalue weighted by Crippen LogP contribution is 2.33. The molecule has 1 heterocycles. The monoisotopic (exact) mass is 473 g/mol. The van der Waals surface area contributed by atoms with Crippen LogP contribution in [0.25, 0.3) is 0 Å². The van der Waals surface area contributed by atoms with Gasteiger partial charge in [-0.15, -0.1) is 13.2 Å². The van der Waals surface area contributed by atoms with E-state index in [1.54, 1.807) is 4.90 Å². The van der Waals surface area contributed by atoms with Gasteiger partial charge in [0.25, 0.3) is 5.91 Å². The second kappa shape index (κ2) is 10.6. The molecule has 1 aromatic rings. The first-order valence-corrected chi connectivity index (χ1v) is 11.1. The predicted molar refractivity (Wildman–Crippen MR) is 113 cm³/mol. The van der Waals surface area contributed by atoms with E-state index >= 15 is 0 Å². The standard InChI is InChI=1S/C22H30F3N3O5/c1-14-13-27(16-6-8-17(9-7-16)33-22(23,24)25)10-11-28(14)21(31)18(19(29)20(30)26-32)12-15-4-2-3-5-15/h6-9,14-15,18-19,29,32H,2-5,10-13H2,1H3,(H,26,30)/t14?,18-,19-/m0/s1. The SMILES string of the molecule is CC1CN(c2ccc(OC(F)(F)F)cc2)CCN1C(=O)[C@@H](CC1CCCC1)[C@H](O)C(=O)NO. The summed E-state index contributed by atoms with van der Waals surface area (Å²) in [7, 11) is 0. The van der Waals surface area contributed by atoms with Gasteiger partial charge < -0.3 is 19.6 Å². The van der Waals surface area contributed by atoms with Crippen molar-refractivity contribution in [2.75, 3.05) is 24.5 Å². The van der Waals surface area contributed by atoms with Crippen LogP contribution < -0.4 is 15.1 Å². The van der Waals surface area contributed by atoms with Crippen LogP contribution in [0.1, 0.15) is 39.0 Å². The van der Waals surface area contributed by atoms with Crippen LogP contribution >= 0.6 is 0 Å². The number of hydrogen-bond acceptors (Lipinski definition) is 6. The number of piperazine rings is 1. The maximum atomic E-state index is 13.3. The number of alkyl halides is 3. The molecule has 0 aromatic heterocycles. The van der Waals surface area contributed by atoms with Crippen molar-refractivity contribution in [2.45, 2.75) is 57.5 Å². The van der Waals surface area contributed by atoms with Gasteiger partial charge in [0.1, 0.15) is 11.9 Å². The van der Waals surface area contributed by atoms with Crippen molar-refractivity contribution in [3.8, 4) is 5.75 Å². The fourth-order valence-corrected chi connectivity index (χ4v) is 4.81. The molecule has 3 atom stereocenters. The van der Waals surface area contributed by atoms with Crippen LogP contribution in [0.2, 0.25) is 0 Å². The third-order valence-corrected chi connectivity index (χ3v) is 6.49.